The fraction of sp³-hybridized carbons (Fsp3) is 0.875. The molecule has 0 aliphatic carbocycles. The molecule has 2 N–H and O–H groups in total. The second-order valence-electron chi connectivity index (χ2n) is 15.0. The first-order chi connectivity index (χ1) is 23.5. The van der Waals surface area contributed by atoms with E-state index in [-0.39, 0.29) is 19.1 Å². The largest absolute Gasteiger partial charge is 0.756 e. The van der Waals surface area contributed by atoms with Gasteiger partial charge in [-0.1, -0.05) is 128 Å². The van der Waals surface area contributed by atoms with Gasteiger partial charge in [-0.05, 0) is 64.2 Å². The van der Waals surface area contributed by atoms with Crippen LogP contribution in [0.4, 0.5) is 0 Å². The predicted molar refractivity (Wildman–Crippen MR) is 205 cm³/mol. The Morgan fingerprint density at radius 3 is 1.61 bits per heavy atom. The van der Waals surface area contributed by atoms with E-state index in [0.29, 0.717) is 23.9 Å². The van der Waals surface area contributed by atoms with Crippen molar-refractivity contribution in [1.29, 1.82) is 0 Å². The summed E-state index contributed by atoms with van der Waals surface area (Å²) in [4.78, 5) is 25.2. The van der Waals surface area contributed by atoms with E-state index in [2.05, 4.69) is 43.5 Å². The molecule has 9 heteroatoms. The van der Waals surface area contributed by atoms with Gasteiger partial charge in [0.1, 0.15) is 13.2 Å². The Morgan fingerprint density at radius 1 is 0.694 bits per heavy atom. The Hall–Kier alpha value is -1.02. The number of unbranched alkanes of at least 4 members (excludes halogenated alkanes) is 19. The summed E-state index contributed by atoms with van der Waals surface area (Å²) in [6, 6.07) is -0.814. The number of aliphatic hydroxyl groups is 1. The number of hydrogen-bond acceptors (Lipinski definition) is 6. The number of amides is 1. The SMILES string of the molecule is CCCCCC/C=C/CCCC[C@@H](O)[C@H](COP(=O)([O-])OCC[N+](C)(C)C)NC(=O)CCCCCCCCC/C=C/CCCCCCCC. The fourth-order valence-electron chi connectivity index (χ4n) is 5.61. The molecule has 1 unspecified atom stereocenters. The van der Waals surface area contributed by atoms with Gasteiger partial charge in [0.15, 0.2) is 0 Å². The van der Waals surface area contributed by atoms with E-state index in [4.69, 9.17) is 9.05 Å². The molecule has 290 valence electrons. The van der Waals surface area contributed by atoms with Crippen LogP contribution in [0.2, 0.25) is 0 Å². The molecule has 0 aromatic carbocycles. The number of quaternary nitrogens is 1. The number of aliphatic hydroxyl groups excluding tert-OH is 1. The molecule has 0 fully saturated rings. The molecule has 0 saturated carbocycles. The maximum Gasteiger partial charge on any atom is 0.268 e. The Bertz CT molecular complexity index is 860. The number of hydrogen-bond donors (Lipinski definition) is 2. The molecular formula is C40H79N2O6P. The number of nitrogens with one attached hydrogen (secondary N) is 1. The smallest absolute Gasteiger partial charge is 0.268 e. The third kappa shape index (κ3) is 35.2. The lowest BCUT2D eigenvalue weighted by atomic mass is 10.0. The van der Waals surface area contributed by atoms with E-state index in [9.17, 15) is 19.4 Å². The van der Waals surface area contributed by atoms with E-state index in [1.807, 2.05) is 21.1 Å². The van der Waals surface area contributed by atoms with Crippen LogP contribution in [0.3, 0.4) is 0 Å². The Balaban J connectivity index is 4.40. The van der Waals surface area contributed by atoms with E-state index < -0.39 is 20.0 Å². The molecule has 0 bridgehead atoms. The second kappa shape index (κ2) is 32.9. The molecule has 0 spiro atoms. The Labute approximate surface area is 303 Å². The first-order valence-electron chi connectivity index (χ1n) is 20.2. The highest BCUT2D eigenvalue weighted by molar-refractivity contribution is 7.45. The lowest BCUT2D eigenvalue weighted by Crippen LogP contribution is -2.46. The molecule has 0 heterocycles. The van der Waals surface area contributed by atoms with Crippen molar-refractivity contribution in [2.45, 2.75) is 187 Å². The van der Waals surface area contributed by atoms with Gasteiger partial charge in [0.2, 0.25) is 5.91 Å². The minimum atomic E-state index is -4.56. The van der Waals surface area contributed by atoms with Crippen molar-refractivity contribution in [2.24, 2.45) is 0 Å². The average Bonchev–Trinajstić information content (AvgIpc) is 3.04. The van der Waals surface area contributed by atoms with Gasteiger partial charge in [0.05, 0.1) is 39.9 Å². The summed E-state index contributed by atoms with van der Waals surface area (Å²) in [5, 5.41) is 13.8. The van der Waals surface area contributed by atoms with Gasteiger partial charge >= 0.3 is 0 Å². The van der Waals surface area contributed by atoms with Crippen LogP contribution in [-0.2, 0) is 18.4 Å². The zero-order valence-electron chi connectivity index (χ0n) is 32.6. The third-order valence-corrected chi connectivity index (χ3v) is 9.88. The maximum atomic E-state index is 12.8. The molecular weight excluding hydrogens is 635 g/mol. The molecule has 0 aromatic heterocycles. The number of likely N-dealkylation sites (N-methyl/N-ethyl adjacent to an activating group) is 1. The molecule has 0 saturated heterocycles. The van der Waals surface area contributed by atoms with E-state index in [1.54, 1.807) is 0 Å². The van der Waals surface area contributed by atoms with Crippen molar-refractivity contribution in [3.63, 3.8) is 0 Å². The van der Waals surface area contributed by atoms with Gasteiger partial charge in [-0.2, -0.15) is 0 Å². The molecule has 1 amide bonds. The van der Waals surface area contributed by atoms with Crippen molar-refractivity contribution in [1.82, 2.24) is 5.32 Å². The summed E-state index contributed by atoms with van der Waals surface area (Å²) < 4.78 is 23.1. The zero-order chi connectivity index (χ0) is 36.5. The van der Waals surface area contributed by atoms with E-state index in [0.717, 1.165) is 44.9 Å². The van der Waals surface area contributed by atoms with Gasteiger partial charge in [0, 0.05) is 6.42 Å². The number of phosphoric acid groups is 1. The van der Waals surface area contributed by atoms with E-state index >= 15 is 0 Å². The molecule has 0 radical (unpaired) electrons. The summed E-state index contributed by atoms with van der Waals surface area (Å²) >= 11 is 0. The van der Waals surface area contributed by atoms with Crippen LogP contribution in [0.1, 0.15) is 174 Å². The van der Waals surface area contributed by atoms with Crippen molar-refractivity contribution in [2.75, 3.05) is 40.9 Å². The highest BCUT2D eigenvalue weighted by atomic mass is 31.2. The van der Waals surface area contributed by atoms with E-state index in [1.165, 1.54) is 103 Å². The second-order valence-corrected chi connectivity index (χ2v) is 16.4. The van der Waals surface area contributed by atoms with Crippen LogP contribution in [0.15, 0.2) is 24.3 Å². The quantitative estimate of drug-likeness (QED) is 0.0290. The molecule has 49 heavy (non-hydrogen) atoms. The van der Waals surface area contributed by atoms with Crippen LogP contribution in [0.5, 0.6) is 0 Å². The highest BCUT2D eigenvalue weighted by Gasteiger charge is 2.24. The van der Waals surface area contributed by atoms with Crippen LogP contribution in [0, 0.1) is 0 Å². The summed E-state index contributed by atoms with van der Waals surface area (Å²) in [6.45, 7) is 4.64. The number of carbonyl (C=O) groups is 1. The summed E-state index contributed by atoms with van der Waals surface area (Å²) in [5.41, 5.74) is 0. The number of rotatable bonds is 36. The molecule has 0 aliphatic heterocycles. The topological polar surface area (TPSA) is 108 Å². The fourth-order valence-corrected chi connectivity index (χ4v) is 6.34. The van der Waals surface area contributed by atoms with Gasteiger partial charge in [-0.15, -0.1) is 0 Å². The first-order valence-corrected chi connectivity index (χ1v) is 21.6. The first kappa shape index (κ1) is 48.0. The Morgan fingerprint density at radius 2 is 1.12 bits per heavy atom. The average molecular weight is 715 g/mol. The van der Waals surface area contributed by atoms with Crippen molar-refractivity contribution >= 4 is 13.7 Å². The monoisotopic (exact) mass is 715 g/mol. The number of nitrogens with zero attached hydrogens (tertiary/aromatic N) is 1. The lowest BCUT2D eigenvalue weighted by Gasteiger charge is -2.30. The van der Waals surface area contributed by atoms with Gasteiger partial charge in [0.25, 0.3) is 7.82 Å². The molecule has 0 aliphatic rings. The normalized spacial score (nSPS) is 14.8. The molecule has 0 aromatic rings. The minimum Gasteiger partial charge on any atom is -0.756 e. The van der Waals surface area contributed by atoms with Gasteiger partial charge < -0.3 is 28.8 Å². The highest BCUT2D eigenvalue weighted by Crippen LogP contribution is 2.38. The van der Waals surface area contributed by atoms with Crippen LogP contribution >= 0.6 is 7.82 Å². The predicted octanol–water partition coefficient (Wildman–Crippen LogP) is 9.94. The van der Waals surface area contributed by atoms with Crippen molar-refractivity contribution in [3.8, 4) is 0 Å². The van der Waals surface area contributed by atoms with Gasteiger partial charge in [-0.3, -0.25) is 9.36 Å². The molecule has 3 atom stereocenters. The summed E-state index contributed by atoms with van der Waals surface area (Å²) in [7, 11) is 1.28. The van der Waals surface area contributed by atoms with Crippen LogP contribution in [-0.4, -0.2) is 68.5 Å². The molecule has 8 nitrogen and oxygen atoms in total. The van der Waals surface area contributed by atoms with Crippen LogP contribution in [0.25, 0.3) is 0 Å². The third-order valence-electron chi connectivity index (χ3n) is 8.91. The molecule has 0 rings (SSSR count). The van der Waals surface area contributed by atoms with Crippen molar-refractivity contribution in [3.05, 3.63) is 24.3 Å². The minimum absolute atomic E-state index is 0.00629. The number of carbonyl (C=O) groups excluding carboxylic acids is 1. The van der Waals surface area contributed by atoms with Gasteiger partial charge in [-0.25, -0.2) is 0 Å². The zero-order valence-corrected chi connectivity index (χ0v) is 33.5. The maximum absolute atomic E-state index is 12.8. The summed E-state index contributed by atoms with van der Waals surface area (Å²) in [5.74, 6) is -0.182. The summed E-state index contributed by atoms with van der Waals surface area (Å²) in [6.07, 6.45) is 36.1. The van der Waals surface area contributed by atoms with Crippen molar-refractivity contribution < 1.29 is 32.9 Å². The lowest BCUT2D eigenvalue weighted by molar-refractivity contribution is -0.870. The number of phosphoric ester groups is 1. The van der Waals surface area contributed by atoms with Crippen LogP contribution < -0.4 is 10.2 Å². The Kier molecular flexibility index (Phi) is 32.2. The standard InChI is InChI=1S/C40H79N2O6P/c1-6-8-10-12-14-16-18-19-20-21-22-23-24-26-28-30-32-34-40(44)41-38(37-48-49(45,46)47-36-35-42(3,4)5)39(43)33-31-29-27-25-17-15-13-11-9-7-2/h17,19-20,25,38-39,43H,6-16,18,21-24,26-37H2,1-5H3,(H-,41,44,45,46)/b20-19+,25-17+/t38-,39+/m0/s1. The number of allylic oxidation sites excluding steroid dienone is 4.